The van der Waals surface area contributed by atoms with E-state index >= 15 is 0 Å². The van der Waals surface area contributed by atoms with E-state index in [4.69, 9.17) is 20.4 Å². The molecule has 0 saturated heterocycles. The molecule has 0 saturated carbocycles. The summed E-state index contributed by atoms with van der Waals surface area (Å²) in [7, 11) is 0. The van der Waals surface area contributed by atoms with Gasteiger partial charge < -0.3 is 43.8 Å². The maximum Gasteiger partial charge on any atom is 1.00 e. The summed E-state index contributed by atoms with van der Waals surface area (Å²) in [6.45, 7) is 0. The molecule has 0 rings (SSSR count). The van der Waals surface area contributed by atoms with Crippen molar-refractivity contribution in [3.63, 3.8) is 0 Å². The molecule has 2 unspecified atom stereocenters. The van der Waals surface area contributed by atoms with Gasteiger partial charge in [0.1, 0.15) is 0 Å². The van der Waals surface area contributed by atoms with Gasteiger partial charge in [0, 0.05) is 21.7 Å². The second-order valence-corrected chi connectivity index (χ2v) is 1.57. The van der Waals surface area contributed by atoms with Gasteiger partial charge in [0.2, 0.25) is 0 Å². The maximum absolute atomic E-state index is 9.77. The van der Waals surface area contributed by atoms with Crippen LogP contribution in [0.5, 0.6) is 0 Å². The fourth-order valence-corrected chi connectivity index (χ4v) is 0.270. The van der Waals surface area contributed by atoms with Crippen molar-refractivity contribution in [2.24, 2.45) is 0 Å². The van der Waals surface area contributed by atoms with Crippen LogP contribution in [0.3, 0.4) is 0 Å². The van der Waals surface area contributed by atoms with E-state index in [1.165, 1.54) is 0 Å². The first-order valence-corrected chi connectivity index (χ1v) is 2.28. The molecule has 0 heterocycles. The smallest absolute Gasteiger partial charge is 1.00 e. The fourth-order valence-electron chi connectivity index (χ4n) is 0.270. The molecular weight excluding hydrogens is 295 g/mol. The SMILES string of the molecule is O.O.O.O.O=C(O)C(O)C(O)C(=O)O.[H-].[K+].[Ti]. The average molecular weight is 310 g/mol. The Balaban J connectivity index is -0.0000000193. The van der Waals surface area contributed by atoms with Gasteiger partial charge in [0.15, 0.2) is 12.2 Å². The topological polar surface area (TPSA) is 241 Å². The Labute approximate surface area is 149 Å². The van der Waals surface area contributed by atoms with Crippen molar-refractivity contribution in [2.75, 3.05) is 0 Å². The third-order valence-electron chi connectivity index (χ3n) is 0.805. The van der Waals surface area contributed by atoms with Crippen LogP contribution in [0.4, 0.5) is 0 Å². The zero-order valence-corrected chi connectivity index (χ0v) is 12.9. The summed E-state index contributed by atoms with van der Waals surface area (Å²) in [5.41, 5.74) is 0. The Hall–Kier alpha value is 1.05. The number of aliphatic hydroxyl groups is 2. The van der Waals surface area contributed by atoms with Crippen molar-refractivity contribution in [1.82, 2.24) is 0 Å². The largest absolute Gasteiger partial charge is 1.00 e. The molecule has 0 aromatic rings. The van der Waals surface area contributed by atoms with E-state index in [9.17, 15) is 9.59 Å². The van der Waals surface area contributed by atoms with E-state index in [1.54, 1.807) is 0 Å². The molecular formula is C4H15KO10Ti. The molecule has 10 nitrogen and oxygen atoms in total. The number of hydrogen-bond acceptors (Lipinski definition) is 4. The predicted molar refractivity (Wildman–Crippen MR) is 42.9 cm³/mol. The van der Waals surface area contributed by atoms with E-state index in [0.29, 0.717) is 0 Å². The zero-order valence-electron chi connectivity index (χ0n) is 9.26. The molecule has 0 aliphatic rings. The molecule has 0 spiro atoms. The summed E-state index contributed by atoms with van der Waals surface area (Å²) < 4.78 is 0. The number of hydrogen-bond donors (Lipinski definition) is 4. The monoisotopic (exact) mass is 310 g/mol. The summed E-state index contributed by atoms with van der Waals surface area (Å²) in [6, 6.07) is 0. The molecule has 0 aromatic heterocycles. The second-order valence-electron chi connectivity index (χ2n) is 1.57. The number of carboxylic acid groups (broad SMARTS) is 2. The third-order valence-corrected chi connectivity index (χ3v) is 0.805. The standard InChI is InChI=1S/C4H6O6.K.4H2O.Ti.H/c5-1(3(7)8)2(6)4(9)10;;;;;;;/h1-2,5-6H,(H,7,8)(H,9,10);;4*1H2;;/q;+1;;;;;;-1. The van der Waals surface area contributed by atoms with E-state index in [1.807, 2.05) is 0 Å². The predicted octanol–water partition coefficient (Wildman–Crippen LogP) is -8.31. The van der Waals surface area contributed by atoms with Crippen LogP contribution in [-0.4, -0.2) is 66.5 Å². The molecule has 12 N–H and O–H groups in total. The average Bonchev–Trinajstić information content (AvgIpc) is 1.84. The van der Waals surface area contributed by atoms with Crippen molar-refractivity contribution in [3.8, 4) is 0 Å². The van der Waals surface area contributed by atoms with Crippen LogP contribution in [0.2, 0.25) is 0 Å². The van der Waals surface area contributed by atoms with Gasteiger partial charge in [-0.2, -0.15) is 0 Å². The molecule has 12 heteroatoms. The van der Waals surface area contributed by atoms with Crippen molar-refractivity contribution in [2.45, 2.75) is 12.2 Å². The first-order chi connectivity index (χ1) is 4.46. The summed E-state index contributed by atoms with van der Waals surface area (Å²) in [4.78, 5) is 19.5. The molecule has 0 aliphatic heterocycles. The Morgan fingerprint density at radius 1 is 0.812 bits per heavy atom. The number of carbonyl (C=O) groups is 2. The third kappa shape index (κ3) is 17.4. The Kier molecular flexibility index (Phi) is 58.0. The molecule has 0 aromatic carbocycles. The molecule has 0 radical (unpaired) electrons. The van der Waals surface area contributed by atoms with Crippen LogP contribution < -0.4 is 51.4 Å². The van der Waals surface area contributed by atoms with Crippen LogP contribution in [0.1, 0.15) is 1.43 Å². The molecule has 96 valence electrons. The molecule has 0 aliphatic carbocycles. The molecule has 16 heavy (non-hydrogen) atoms. The van der Waals surface area contributed by atoms with Crippen LogP contribution >= 0.6 is 0 Å². The van der Waals surface area contributed by atoms with Gasteiger partial charge in [-0.05, 0) is 0 Å². The van der Waals surface area contributed by atoms with E-state index in [0.717, 1.165) is 0 Å². The quantitative estimate of drug-likeness (QED) is 0.368. The summed E-state index contributed by atoms with van der Waals surface area (Å²) >= 11 is 0. The van der Waals surface area contributed by atoms with Crippen molar-refractivity contribution >= 4 is 11.9 Å². The maximum atomic E-state index is 9.77. The van der Waals surface area contributed by atoms with Crippen LogP contribution in [0, 0.1) is 0 Å². The van der Waals surface area contributed by atoms with E-state index in [-0.39, 0.29) is 96.4 Å². The van der Waals surface area contributed by atoms with Crippen molar-refractivity contribution < 1.29 is 126 Å². The fraction of sp³-hybridized carbons (Fsp3) is 0.500. The number of rotatable bonds is 3. The Bertz CT molecular complexity index is 152. The summed E-state index contributed by atoms with van der Waals surface area (Å²) in [5, 5.41) is 32.5. The minimum Gasteiger partial charge on any atom is -1.00 e. The van der Waals surface area contributed by atoms with E-state index in [2.05, 4.69) is 0 Å². The summed E-state index contributed by atoms with van der Waals surface area (Å²) in [6.07, 6.45) is -4.53. The van der Waals surface area contributed by atoms with Crippen molar-refractivity contribution in [3.05, 3.63) is 0 Å². The molecule has 0 amide bonds. The molecule has 0 fully saturated rings. The van der Waals surface area contributed by atoms with Gasteiger partial charge in [-0.3, -0.25) is 0 Å². The van der Waals surface area contributed by atoms with Gasteiger partial charge in [-0.25, -0.2) is 9.59 Å². The van der Waals surface area contributed by atoms with Crippen LogP contribution in [-0.2, 0) is 31.3 Å². The first kappa shape index (κ1) is 43.5. The van der Waals surface area contributed by atoms with E-state index < -0.39 is 24.1 Å². The second kappa shape index (κ2) is 21.3. The Morgan fingerprint density at radius 3 is 1.00 bits per heavy atom. The van der Waals surface area contributed by atoms with Gasteiger partial charge in [-0.1, -0.05) is 0 Å². The minimum atomic E-state index is -2.27. The minimum absolute atomic E-state index is 0. The summed E-state index contributed by atoms with van der Waals surface area (Å²) in [5.74, 6) is -3.54. The molecule has 0 bridgehead atoms. The van der Waals surface area contributed by atoms with Gasteiger partial charge in [0.05, 0.1) is 0 Å². The first-order valence-electron chi connectivity index (χ1n) is 2.28. The van der Waals surface area contributed by atoms with Crippen LogP contribution in [0.25, 0.3) is 0 Å². The number of aliphatic carboxylic acids is 2. The number of aliphatic hydroxyl groups excluding tert-OH is 2. The van der Waals surface area contributed by atoms with Crippen molar-refractivity contribution in [1.29, 1.82) is 0 Å². The van der Waals surface area contributed by atoms with Gasteiger partial charge >= 0.3 is 63.3 Å². The normalized spacial score (nSPS) is 9.88. The van der Waals surface area contributed by atoms with Crippen LogP contribution in [0.15, 0.2) is 0 Å². The molecule has 2 atom stereocenters. The zero-order chi connectivity index (χ0) is 8.31. The Morgan fingerprint density at radius 2 is 0.938 bits per heavy atom. The number of carboxylic acids is 2. The van der Waals surface area contributed by atoms with Gasteiger partial charge in [0.25, 0.3) is 0 Å². The van der Waals surface area contributed by atoms with Gasteiger partial charge in [-0.15, -0.1) is 0 Å².